The Labute approximate surface area is 147 Å². The highest BCUT2D eigenvalue weighted by Gasteiger charge is 2.38. The summed E-state index contributed by atoms with van der Waals surface area (Å²) in [6.07, 6.45) is 6.30. The second-order valence-corrected chi connectivity index (χ2v) is 7.55. The summed E-state index contributed by atoms with van der Waals surface area (Å²) in [7, 11) is 0. The standard InChI is InChI=1S/C19H25N5O/c1-12-2-4-13(5-3-12)17(14-6-7-14)19(25)20-16-10-8-15(9-11-16)18-21-23-24-22-18/h2-5,14-17H,6-11H2,1H3,(H,20,25)(H,21,22,23,24). The van der Waals surface area contributed by atoms with Gasteiger partial charge >= 0.3 is 0 Å². The number of H-pyrrole nitrogens is 1. The molecule has 1 heterocycles. The number of amides is 1. The maximum absolute atomic E-state index is 12.9. The lowest BCUT2D eigenvalue weighted by Crippen LogP contribution is -2.40. The van der Waals surface area contributed by atoms with E-state index in [-0.39, 0.29) is 17.9 Å². The average molecular weight is 339 g/mol. The molecule has 25 heavy (non-hydrogen) atoms. The molecule has 0 bridgehead atoms. The molecule has 0 saturated heterocycles. The van der Waals surface area contributed by atoms with E-state index in [4.69, 9.17) is 0 Å². The third-order valence-electron chi connectivity index (χ3n) is 5.61. The van der Waals surface area contributed by atoms with E-state index in [1.165, 1.54) is 5.56 Å². The van der Waals surface area contributed by atoms with E-state index in [9.17, 15) is 4.79 Å². The molecule has 2 N–H and O–H groups in total. The molecule has 2 aromatic rings. The van der Waals surface area contributed by atoms with Crippen molar-refractivity contribution >= 4 is 5.91 Å². The van der Waals surface area contributed by atoms with Gasteiger partial charge in [0.2, 0.25) is 5.91 Å². The summed E-state index contributed by atoms with van der Waals surface area (Å²) in [6.45, 7) is 2.08. The van der Waals surface area contributed by atoms with Gasteiger partial charge in [0.25, 0.3) is 0 Å². The van der Waals surface area contributed by atoms with Crippen LogP contribution in [0.4, 0.5) is 0 Å². The number of benzene rings is 1. The molecule has 4 rings (SSSR count). The number of carbonyl (C=O) groups is 1. The van der Waals surface area contributed by atoms with E-state index < -0.39 is 0 Å². The molecule has 6 nitrogen and oxygen atoms in total. The Morgan fingerprint density at radius 3 is 2.44 bits per heavy atom. The summed E-state index contributed by atoms with van der Waals surface area (Å²) < 4.78 is 0. The second-order valence-electron chi connectivity index (χ2n) is 7.55. The Kier molecular flexibility index (Phi) is 4.51. The molecule has 132 valence electrons. The lowest BCUT2D eigenvalue weighted by Gasteiger charge is -2.29. The minimum Gasteiger partial charge on any atom is -0.353 e. The highest BCUT2D eigenvalue weighted by molar-refractivity contribution is 5.84. The third-order valence-corrected chi connectivity index (χ3v) is 5.61. The fourth-order valence-electron chi connectivity index (χ4n) is 3.97. The third kappa shape index (κ3) is 3.72. The molecule has 1 unspecified atom stereocenters. The predicted molar refractivity (Wildman–Crippen MR) is 94.0 cm³/mol. The Morgan fingerprint density at radius 2 is 1.84 bits per heavy atom. The van der Waals surface area contributed by atoms with Gasteiger partial charge in [-0.1, -0.05) is 35.0 Å². The number of aromatic amines is 1. The Hall–Kier alpha value is -2.24. The van der Waals surface area contributed by atoms with E-state index in [0.29, 0.717) is 11.8 Å². The maximum atomic E-state index is 12.9. The molecular formula is C19H25N5O. The number of carbonyl (C=O) groups excluding carboxylic acids is 1. The van der Waals surface area contributed by atoms with Crippen molar-refractivity contribution in [1.29, 1.82) is 0 Å². The first-order chi connectivity index (χ1) is 12.2. The Balaban J connectivity index is 1.37. The monoisotopic (exact) mass is 339 g/mol. The Morgan fingerprint density at radius 1 is 1.12 bits per heavy atom. The van der Waals surface area contributed by atoms with Gasteiger partial charge in [0.05, 0.1) is 5.92 Å². The van der Waals surface area contributed by atoms with Crippen molar-refractivity contribution in [2.75, 3.05) is 0 Å². The van der Waals surface area contributed by atoms with Crippen LogP contribution in [0.2, 0.25) is 0 Å². The van der Waals surface area contributed by atoms with E-state index in [1.807, 2.05) is 0 Å². The topological polar surface area (TPSA) is 83.6 Å². The summed E-state index contributed by atoms with van der Waals surface area (Å²) in [6, 6.07) is 8.71. The van der Waals surface area contributed by atoms with Crippen LogP contribution in [-0.2, 0) is 4.79 Å². The van der Waals surface area contributed by atoms with Crippen LogP contribution < -0.4 is 5.32 Å². The predicted octanol–water partition coefficient (Wildman–Crippen LogP) is 2.84. The smallest absolute Gasteiger partial charge is 0.228 e. The second kappa shape index (κ2) is 6.94. The van der Waals surface area contributed by atoms with Gasteiger partial charge in [0.1, 0.15) is 0 Å². The van der Waals surface area contributed by atoms with Crippen molar-refractivity contribution in [3.63, 3.8) is 0 Å². The minimum atomic E-state index is 0.00975. The van der Waals surface area contributed by atoms with Crippen molar-refractivity contribution in [3.05, 3.63) is 41.2 Å². The van der Waals surface area contributed by atoms with Crippen LogP contribution >= 0.6 is 0 Å². The van der Waals surface area contributed by atoms with Gasteiger partial charge in [-0.05, 0) is 56.9 Å². The number of aryl methyl sites for hydroxylation is 1. The molecule has 6 heteroatoms. The number of aromatic nitrogens is 4. The van der Waals surface area contributed by atoms with E-state index >= 15 is 0 Å². The quantitative estimate of drug-likeness (QED) is 0.877. The molecule has 2 aliphatic carbocycles. The SMILES string of the molecule is Cc1ccc(C(C(=O)NC2CCC(c3nn[nH]n3)CC2)C2CC2)cc1. The van der Waals surface area contributed by atoms with Crippen molar-refractivity contribution in [1.82, 2.24) is 25.9 Å². The zero-order chi connectivity index (χ0) is 17.2. The number of hydrogen-bond donors (Lipinski definition) is 2. The molecule has 2 saturated carbocycles. The lowest BCUT2D eigenvalue weighted by molar-refractivity contribution is -0.124. The number of tetrazole rings is 1. The van der Waals surface area contributed by atoms with Gasteiger partial charge in [-0.3, -0.25) is 4.79 Å². The van der Waals surface area contributed by atoms with Crippen molar-refractivity contribution in [2.45, 2.75) is 63.3 Å². The lowest BCUT2D eigenvalue weighted by atomic mass is 9.85. The molecule has 1 aromatic heterocycles. The molecule has 0 aliphatic heterocycles. The number of rotatable bonds is 5. The normalized spacial score (nSPS) is 24.7. The molecule has 2 fully saturated rings. The van der Waals surface area contributed by atoms with Crippen LogP contribution in [0.15, 0.2) is 24.3 Å². The molecule has 2 aliphatic rings. The molecule has 0 radical (unpaired) electrons. The zero-order valence-corrected chi connectivity index (χ0v) is 14.6. The number of hydrogen-bond acceptors (Lipinski definition) is 4. The molecule has 0 spiro atoms. The first kappa shape index (κ1) is 16.2. The first-order valence-corrected chi connectivity index (χ1v) is 9.31. The molecule has 1 aromatic carbocycles. The largest absolute Gasteiger partial charge is 0.353 e. The van der Waals surface area contributed by atoms with E-state index in [2.05, 4.69) is 57.1 Å². The maximum Gasteiger partial charge on any atom is 0.228 e. The van der Waals surface area contributed by atoms with Crippen LogP contribution in [0.1, 0.15) is 67.3 Å². The van der Waals surface area contributed by atoms with Gasteiger partial charge in [0, 0.05) is 12.0 Å². The van der Waals surface area contributed by atoms with Gasteiger partial charge in [-0.25, -0.2) is 0 Å². The fourth-order valence-corrected chi connectivity index (χ4v) is 3.97. The van der Waals surface area contributed by atoms with Crippen molar-refractivity contribution < 1.29 is 4.79 Å². The summed E-state index contributed by atoms with van der Waals surface area (Å²) in [5, 5.41) is 17.7. The Bertz CT molecular complexity index is 700. The van der Waals surface area contributed by atoms with E-state index in [0.717, 1.165) is 49.9 Å². The van der Waals surface area contributed by atoms with Crippen LogP contribution in [-0.4, -0.2) is 32.6 Å². The van der Waals surface area contributed by atoms with Gasteiger partial charge < -0.3 is 5.32 Å². The zero-order valence-electron chi connectivity index (χ0n) is 14.6. The minimum absolute atomic E-state index is 0.00975. The van der Waals surface area contributed by atoms with Crippen LogP contribution in [0.5, 0.6) is 0 Å². The highest BCUT2D eigenvalue weighted by Crippen LogP contribution is 2.43. The van der Waals surface area contributed by atoms with Crippen LogP contribution in [0.25, 0.3) is 0 Å². The molecule has 1 atom stereocenters. The molecule has 1 amide bonds. The van der Waals surface area contributed by atoms with Crippen LogP contribution in [0, 0.1) is 12.8 Å². The van der Waals surface area contributed by atoms with E-state index in [1.54, 1.807) is 0 Å². The summed E-state index contributed by atoms with van der Waals surface area (Å²) in [4.78, 5) is 12.9. The average Bonchev–Trinajstić information content (AvgIpc) is 3.29. The summed E-state index contributed by atoms with van der Waals surface area (Å²) in [5.41, 5.74) is 2.39. The summed E-state index contributed by atoms with van der Waals surface area (Å²) in [5.74, 6) is 1.90. The van der Waals surface area contributed by atoms with Gasteiger partial charge in [-0.2, -0.15) is 5.21 Å². The molecular weight excluding hydrogens is 314 g/mol. The first-order valence-electron chi connectivity index (χ1n) is 9.31. The number of nitrogens with one attached hydrogen (secondary N) is 2. The van der Waals surface area contributed by atoms with Crippen molar-refractivity contribution in [2.24, 2.45) is 5.92 Å². The number of nitrogens with zero attached hydrogens (tertiary/aromatic N) is 3. The van der Waals surface area contributed by atoms with Crippen molar-refractivity contribution in [3.8, 4) is 0 Å². The van der Waals surface area contributed by atoms with Crippen LogP contribution in [0.3, 0.4) is 0 Å². The highest BCUT2D eigenvalue weighted by atomic mass is 16.2. The summed E-state index contributed by atoms with van der Waals surface area (Å²) >= 11 is 0. The van der Waals surface area contributed by atoms with Gasteiger partial charge in [0.15, 0.2) is 5.82 Å². The fraction of sp³-hybridized carbons (Fsp3) is 0.579. The van der Waals surface area contributed by atoms with Gasteiger partial charge in [-0.15, -0.1) is 10.2 Å².